The van der Waals surface area contributed by atoms with Gasteiger partial charge in [0.15, 0.2) is 0 Å². The molecule has 0 saturated heterocycles. The van der Waals surface area contributed by atoms with Crippen molar-refractivity contribution >= 4 is 22.4 Å². The molecule has 0 radical (unpaired) electrons. The molecule has 0 fully saturated rings. The molecule has 2 nitrogen and oxygen atoms in total. The minimum atomic E-state index is -0.174. The third kappa shape index (κ3) is 2.78. The lowest BCUT2D eigenvalue weighted by atomic mass is 10.2. The summed E-state index contributed by atoms with van der Waals surface area (Å²) in [5.74, 6) is 0.796. The number of fused-ring (bicyclic) bond motifs is 1. The first kappa shape index (κ1) is 14.2. The fraction of sp³-hybridized carbons (Fsp3) is 0.105. The lowest BCUT2D eigenvalue weighted by molar-refractivity contribution is 0.598. The zero-order valence-corrected chi connectivity index (χ0v) is 13.3. The summed E-state index contributed by atoms with van der Waals surface area (Å²) in [5, 5.41) is 2.07. The number of nitrogens with zero attached hydrogens (tertiary/aromatic N) is 2. The molecule has 2 heterocycles. The van der Waals surface area contributed by atoms with E-state index in [1.54, 1.807) is 17.4 Å². The molecule has 0 spiro atoms. The summed E-state index contributed by atoms with van der Waals surface area (Å²) < 4.78 is 16.2. The molecule has 0 unspecified atom stereocenters. The summed E-state index contributed by atoms with van der Waals surface area (Å²) in [6.07, 6.45) is 0.765. The molecule has 0 aliphatic carbocycles. The van der Waals surface area contributed by atoms with Crippen molar-refractivity contribution in [2.24, 2.45) is 0 Å². The van der Waals surface area contributed by atoms with Gasteiger partial charge in [0.05, 0.1) is 17.6 Å². The van der Waals surface area contributed by atoms with Crippen LogP contribution in [-0.4, -0.2) is 9.55 Å². The predicted octanol–water partition coefficient (Wildman–Crippen LogP) is 4.88. The molecule has 4 heteroatoms. The molecule has 0 N–H and O–H groups in total. The van der Waals surface area contributed by atoms with Gasteiger partial charge >= 0.3 is 0 Å². The van der Waals surface area contributed by atoms with Gasteiger partial charge in [0.25, 0.3) is 0 Å². The van der Waals surface area contributed by atoms with Crippen LogP contribution < -0.4 is 0 Å². The third-order valence-electron chi connectivity index (χ3n) is 3.93. The van der Waals surface area contributed by atoms with Crippen molar-refractivity contribution in [3.63, 3.8) is 0 Å². The van der Waals surface area contributed by atoms with Crippen molar-refractivity contribution in [1.82, 2.24) is 9.55 Å². The standard InChI is InChI=1S/C19H15FN2S/c20-16-8-2-1-6-14(16)13-22-18-10-4-3-9-17(18)21-19(22)12-15-7-5-11-23-15/h1-11H,12-13H2. The lowest BCUT2D eigenvalue weighted by Crippen LogP contribution is -2.07. The second-order valence-electron chi connectivity index (χ2n) is 5.45. The van der Waals surface area contributed by atoms with Gasteiger partial charge < -0.3 is 4.57 Å². The quantitative estimate of drug-likeness (QED) is 0.524. The van der Waals surface area contributed by atoms with Gasteiger partial charge in [0, 0.05) is 16.9 Å². The van der Waals surface area contributed by atoms with Crippen molar-refractivity contribution < 1.29 is 4.39 Å². The van der Waals surface area contributed by atoms with Crippen LogP contribution in [0.3, 0.4) is 0 Å². The molecule has 4 aromatic rings. The highest BCUT2D eigenvalue weighted by atomic mass is 32.1. The van der Waals surface area contributed by atoms with E-state index in [4.69, 9.17) is 4.98 Å². The van der Waals surface area contributed by atoms with Crippen LogP contribution >= 0.6 is 11.3 Å². The average molecular weight is 322 g/mol. The first-order valence-corrected chi connectivity index (χ1v) is 8.39. The van der Waals surface area contributed by atoms with Gasteiger partial charge in [-0.25, -0.2) is 9.37 Å². The smallest absolute Gasteiger partial charge is 0.128 e. The maximum absolute atomic E-state index is 14.1. The Hall–Kier alpha value is -2.46. The van der Waals surface area contributed by atoms with E-state index in [0.29, 0.717) is 12.1 Å². The van der Waals surface area contributed by atoms with Crippen molar-refractivity contribution in [3.05, 3.63) is 88.1 Å². The number of benzene rings is 2. The molecule has 2 aromatic carbocycles. The number of hydrogen-bond acceptors (Lipinski definition) is 2. The van der Waals surface area contributed by atoms with Crippen LogP contribution in [0, 0.1) is 5.82 Å². The van der Waals surface area contributed by atoms with Gasteiger partial charge in [-0.1, -0.05) is 36.4 Å². The highest BCUT2D eigenvalue weighted by Gasteiger charge is 2.13. The van der Waals surface area contributed by atoms with Crippen LogP contribution in [0.1, 0.15) is 16.3 Å². The molecule has 2 aromatic heterocycles. The molecule has 0 aliphatic heterocycles. The number of imidazole rings is 1. The molecule has 0 aliphatic rings. The number of rotatable bonds is 4. The molecule has 114 valence electrons. The number of halogens is 1. The molecule has 0 amide bonds. The summed E-state index contributed by atoms with van der Waals surface area (Å²) in [6.45, 7) is 0.494. The van der Waals surface area contributed by atoms with Gasteiger partial charge in [-0.3, -0.25) is 0 Å². The van der Waals surface area contributed by atoms with E-state index in [9.17, 15) is 4.39 Å². The van der Waals surface area contributed by atoms with Gasteiger partial charge in [-0.2, -0.15) is 0 Å². The minimum absolute atomic E-state index is 0.174. The van der Waals surface area contributed by atoms with E-state index in [0.717, 1.165) is 23.3 Å². The Kier molecular flexibility index (Phi) is 3.67. The number of para-hydroxylation sites is 2. The Labute approximate surface area is 137 Å². The molecular weight excluding hydrogens is 307 g/mol. The zero-order chi connectivity index (χ0) is 15.6. The molecule has 0 saturated carbocycles. The van der Waals surface area contributed by atoms with Crippen LogP contribution in [0.2, 0.25) is 0 Å². The fourth-order valence-electron chi connectivity index (χ4n) is 2.80. The van der Waals surface area contributed by atoms with E-state index >= 15 is 0 Å². The predicted molar refractivity (Wildman–Crippen MR) is 92.4 cm³/mol. The topological polar surface area (TPSA) is 17.8 Å². The second kappa shape index (κ2) is 5.97. The lowest BCUT2D eigenvalue weighted by Gasteiger charge is -2.10. The highest BCUT2D eigenvalue weighted by molar-refractivity contribution is 7.09. The Morgan fingerprint density at radius 3 is 2.61 bits per heavy atom. The SMILES string of the molecule is Fc1ccccc1Cn1c(Cc2cccs2)nc2ccccc21. The number of hydrogen-bond donors (Lipinski definition) is 0. The Balaban J connectivity index is 1.81. The third-order valence-corrected chi connectivity index (χ3v) is 4.81. The monoisotopic (exact) mass is 322 g/mol. The highest BCUT2D eigenvalue weighted by Crippen LogP contribution is 2.22. The first-order valence-electron chi connectivity index (χ1n) is 7.51. The Morgan fingerprint density at radius 2 is 1.78 bits per heavy atom. The molecule has 23 heavy (non-hydrogen) atoms. The normalized spacial score (nSPS) is 11.2. The molecule has 4 rings (SSSR count). The average Bonchev–Trinajstić information content (AvgIpc) is 3.19. The van der Waals surface area contributed by atoms with Crippen LogP contribution in [0.15, 0.2) is 66.0 Å². The molecule has 0 bridgehead atoms. The summed E-state index contributed by atoms with van der Waals surface area (Å²) in [6, 6.07) is 19.1. The summed E-state index contributed by atoms with van der Waals surface area (Å²) in [7, 11) is 0. The van der Waals surface area contributed by atoms with Crippen LogP contribution in [-0.2, 0) is 13.0 Å². The van der Waals surface area contributed by atoms with E-state index in [2.05, 4.69) is 16.0 Å². The van der Waals surface area contributed by atoms with E-state index in [1.165, 1.54) is 10.9 Å². The van der Waals surface area contributed by atoms with Crippen LogP contribution in [0.5, 0.6) is 0 Å². The minimum Gasteiger partial charge on any atom is -0.323 e. The van der Waals surface area contributed by atoms with Crippen molar-refractivity contribution in [2.45, 2.75) is 13.0 Å². The van der Waals surface area contributed by atoms with E-state index in [-0.39, 0.29) is 5.82 Å². The fourth-order valence-corrected chi connectivity index (χ4v) is 3.50. The van der Waals surface area contributed by atoms with Crippen LogP contribution in [0.25, 0.3) is 11.0 Å². The first-order chi connectivity index (χ1) is 11.3. The van der Waals surface area contributed by atoms with Gasteiger partial charge in [0.1, 0.15) is 11.6 Å². The number of aromatic nitrogens is 2. The van der Waals surface area contributed by atoms with E-state index in [1.807, 2.05) is 42.5 Å². The van der Waals surface area contributed by atoms with Crippen molar-refractivity contribution in [2.75, 3.05) is 0 Å². The Morgan fingerprint density at radius 1 is 0.957 bits per heavy atom. The summed E-state index contributed by atoms with van der Waals surface area (Å²) >= 11 is 1.72. The van der Waals surface area contributed by atoms with Gasteiger partial charge in [-0.15, -0.1) is 11.3 Å². The number of thiophene rings is 1. The maximum Gasteiger partial charge on any atom is 0.128 e. The van der Waals surface area contributed by atoms with Crippen molar-refractivity contribution in [3.8, 4) is 0 Å². The van der Waals surface area contributed by atoms with Crippen LogP contribution in [0.4, 0.5) is 4.39 Å². The van der Waals surface area contributed by atoms with E-state index < -0.39 is 0 Å². The summed E-state index contributed by atoms with van der Waals surface area (Å²) in [5.41, 5.74) is 2.68. The Bertz CT molecular complexity index is 941. The van der Waals surface area contributed by atoms with Gasteiger partial charge in [0.2, 0.25) is 0 Å². The van der Waals surface area contributed by atoms with Gasteiger partial charge in [-0.05, 0) is 29.6 Å². The molecule has 0 atom stereocenters. The molecular formula is C19H15FN2S. The largest absolute Gasteiger partial charge is 0.323 e. The maximum atomic E-state index is 14.1. The van der Waals surface area contributed by atoms with Crippen molar-refractivity contribution in [1.29, 1.82) is 0 Å². The second-order valence-corrected chi connectivity index (χ2v) is 6.48. The summed E-state index contributed by atoms with van der Waals surface area (Å²) in [4.78, 5) is 6.02. The zero-order valence-electron chi connectivity index (χ0n) is 12.4.